The maximum absolute atomic E-state index is 12.3. The number of para-hydroxylation sites is 1. The van der Waals surface area contributed by atoms with E-state index in [2.05, 4.69) is 16.2 Å². The number of thiocarbonyl (C=S) groups is 1. The SMILES string of the molecule is CCCC(=O)NNC(=S)NC(=O)c1ccccc1OCCOCC. The molecule has 8 heteroatoms. The van der Waals surface area contributed by atoms with E-state index in [-0.39, 0.29) is 11.0 Å². The van der Waals surface area contributed by atoms with Crippen LogP contribution >= 0.6 is 12.2 Å². The number of benzene rings is 1. The predicted octanol–water partition coefficient (Wildman–Crippen LogP) is 1.54. The molecule has 0 saturated heterocycles. The van der Waals surface area contributed by atoms with Gasteiger partial charge in [0.05, 0.1) is 12.2 Å². The minimum absolute atomic E-state index is 0.00794. The average molecular weight is 353 g/mol. The molecule has 0 atom stereocenters. The first-order chi connectivity index (χ1) is 11.6. The van der Waals surface area contributed by atoms with Crippen molar-refractivity contribution in [3.8, 4) is 5.75 Å². The highest BCUT2D eigenvalue weighted by Gasteiger charge is 2.13. The number of hydrogen-bond acceptors (Lipinski definition) is 5. The van der Waals surface area contributed by atoms with Gasteiger partial charge >= 0.3 is 0 Å². The zero-order valence-electron chi connectivity index (χ0n) is 13.9. The van der Waals surface area contributed by atoms with Gasteiger partial charge in [-0.25, -0.2) is 0 Å². The Kier molecular flexibility index (Phi) is 9.40. The van der Waals surface area contributed by atoms with Crippen LogP contribution in [0.25, 0.3) is 0 Å². The molecular weight excluding hydrogens is 330 g/mol. The molecule has 0 spiro atoms. The Morgan fingerprint density at radius 1 is 1.12 bits per heavy atom. The van der Waals surface area contributed by atoms with Crippen LogP contribution in [0, 0.1) is 0 Å². The number of ether oxygens (including phenoxy) is 2. The summed E-state index contributed by atoms with van der Waals surface area (Å²) < 4.78 is 10.8. The Bertz CT molecular complexity index is 566. The van der Waals surface area contributed by atoms with Crippen molar-refractivity contribution >= 4 is 29.1 Å². The van der Waals surface area contributed by atoms with E-state index in [1.165, 1.54) is 0 Å². The van der Waals surface area contributed by atoms with Crippen molar-refractivity contribution in [3.63, 3.8) is 0 Å². The van der Waals surface area contributed by atoms with Gasteiger partial charge in [0, 0.05) is 13.0 Å². The number of carbonyl (C=O) groups excluding carboxylic acids is 2. The molecule has 0 heterocycles. The zero-order valence-corrected chi connectivity index (χ0v) is 14.7. The van der Waals surface area contributed by atoms with Crippen LogP contribution < -0.4 is 20.9 Å². The van der Waals surface area contributed by atoms with Crippen LogP contribution in [0.3, 0.4) is 0 Å². The van der Waals surface area contributed by atoms with Gasteiger partial charge in [-0.2, -0.15) is 0 Å². The molecule has 0 radical (unpaired) electrons. The largest absolute Gasteiger partial charge is 0.490 e. The van der Waals surface area contributed by atoms with E-state index in [1.54, 1.807) is 24.3 Å². The molecule has 0 saturated carbocycles. The molecule has 0 fully saturated rings. The summed E-state index contributed by atoms with van der Waals surface area (Å²) in [5.41, 5.74) is 5.24. The normalized spacial score (nSPS) is 9.92. The van der Waals surface area contributed by atoms with Gasteiger partial charge in [0.15, 0.2) is 5.11 Å². The maximum atomic E-state index is 12.3. The van der Waals surface area contributed by atoms with Crippen molar-refractivity contribution in [1.29, 1.82) is 0 Å². The summed E-state index contributed by atoms with van der Waals surface area (Å²) in [4.78, 5) is 23.6. The third-order valence-corrected chi connectivity index (χ3v) is 3.04. The summed E-state index contributed by atoms with van der Waals surface area (Å²) in [5, 5.41) is 2.50. The molecule has 1 aromatic carbocycles. The minimum atomic E-state index is -0.427. The van der Waals surface area contributed by atoms with Crippen LogP contribution in [0.15, 0.2) is 24.3 Å². The van der Waals surface area contributed by atoms with Crippen LogP contribution in [0.4, 0.5) is 0 Å². The first kappa shape index (κ1) is 19.9. The second-order valence-electron chi connectivity index (χ2n) is 4.75. The molecule has 0 aliphatic heterocycles. The second kappa shape index (κ2) is 11.4. The number of nitrogens with one attached hydrogen (secondary N) is 3. The smallest absolute Gasteiger partial charge is 0.261 e. The summed E-state index contributed by atoms with van der Waals surface area (Å²) in [6, 6.07) is 6.82. The molecule has 0 unspecified atom stereocenters. The molecule has 0 bridgehead atoms. The molecule has 0 aliphatic rings. The minimum Gasteiger partial charge on any atom is -0.490 e. The lowest BCUT2D eigenvalue weighted by Gasteiger charge is -2.13. The molecule has 132 valence electrons. The standard InChI is InChI=1S/C16H23N3O4S/c1-3-7-14(20)18-19-16(24)17-15(21)12-8-5-6-9-13(12)23-11-10-22-4-2/h5-6,8-9H,3-4,7,10-11H2,1-2H3,(H,18,20)(H2,17,19,21,24). The van der Waals surface area contributed by atoms with Crippen LogP contribution in [-0.2, 0) is 9.53 Å². The lowest BCUT2D eigenvalue weighted by molar-refractivity contribution is -0.121. The van der Waals surface area contributed by atoms with Crippen molar-refractivity contribution < 1.29 is 19.1 Å². The monoisotopic (exact) mass is 353 g/mol. The van der Waals surface area contributed by atoms with Crippen molar-refractivity contribution in [3.05, 3.63) is 29.8 Å². The van der Waals surface area contributed by atoms with Gasteiger partial charge in [-0.3, -0.25) is 25.8 Å². The van der Waals surface area contributed by atoms with E-state index >= 15 is 0 Å². The molecule has 7 nitrogen and oxygen atoms in total. The van der Waals surface area contributed by atoms with Crippen molar-refractivity contribution in [2.24, 2.45) is 0 Å². The topological polar surface area (TPSA) is 88.7 Å². The molecule has 24 heavy (non-hydrogen) atoms. The molecular formula is C16H23N3O4S. The second-order valence-corrected chi connectivity index (χ2v) is 5.16. The number of amides is 2. The highest BCUT2D eigenvalue weighted by Crippen LogP contribution is 2.17. The first-order valence-electron chi connectivity index (χ1n) is 7.78. The third kappa shape index (κ3) is 7.38. The zero-order chi connectivity index (χ0) is 17.8. The fourth-order valence-corrected chi connectivity index (χ4v) is 1.90. The average Bonchev–Trinajstić information content (AvgIpc) is 2.57. The van der Waals surface area contributed by atoms with Gasteiger partial charge in [-0.05, 0) is 37.7 Å². The predicted molar refractivity (Wildman–Crippen MR) is 94.7 cm³/mol. The molecule has 1 aromatic rings. The quantitative estimate of drug-likeness (QED) is 0.373. The fourth-order valence-electron chi connectivity index (χ4n) is 1.75. The van der Waals surface area contributed by atoms with E-state index in [4.69, 9.17) is 21.7 Å². The van der Waals surface area contributed by atoms with Crippen molar-refractivity contribution in [2.75, 3.05) is 19.8 Å². The van der Waals surface area contributed by atoms with E-state index < -0.39 is 5.91 Å². The molecule has 1 rings (SSSR count). The van der Waals surface area contributed by atoms with Gasteiger partial charge in [-0.1, -0.05) is 19.1 Å². The van der Waals surface area contributed by atoms with Crippen LogP contribution in [0.2, 0.25) is 0 Å². The van der Waals surface area contributed by atoms with Gasteiger partial charge in [0.2, 0.25) is 5.91 Å². The molecule has 2 amide bonds. The van der Waals surface area contributed by atoms with Crippen LogP contribution in [-0.4, -0.2) is 36.7 Å². The molecule has 0 aromatic heterocycles. The molecule has 3 N–H and O–H groups in total. The van der Waals surface area contributed by atoms with Gasteiger partial charge in [0.1, 0.15) is 12.4 Å². The van der Waals surface area contributed by atoms with E-state index in [9.17, 15) is 9.59 Å². The molecule has 0 aliphatic carbocycles. The Labute approximate surface area is 147 Å². The van der Waals surface area contributed by atoms with E-state index in [0.717, 1.165) is 6.42 Å². The Hall–Kier alpha value is -2.19. The van der Waals surface area contributed by atoms with Crippen LogP contribution in [0.5, 0.6) is 5.75 Å². The Morgan fingerprint density at radius 3 is 2.58 bits per heavy atom. The summed E-state index contributed by atoms with van der Waals surface area (Å²) in [6.07, 6.45) is 1.10. The number of carbonyl (C=O) groups is 2. The van der Waals surface area contributed by atoms with Gasteiger partial charge < -0.3 is 9.47 Å². The highest BCUT2D eigenvalue weighted by atomic mass is 32.1. The summed E-state index contributed by atoms with van der Waals surface area (Å²) in [7, 11) is 0. The third-order valence-electron chi connectivity index (χ3n) is 2.84. The fraction of sp³-hybridized carbons (Fsp3) is 0.438. The Morgan fingerprint density at radius 2 is 1.88 bits per heavy atom. The summed E-state index contributed by atoms with van der Waals surface area (Å²) in [6.45, 7) is 5.18. The van der Waals surface area contributed by atoms with E-state index in [1.807, 2.05) is 13.8 Å². The van der Waals surface area contributed by atoms with Gasteiger partial charge in [0.25, 0.3) is 5.91 Å². The maximum Gasteiger partial charge on any atom is 0.261 e. The van der Waals surface area contributed by atoms with Crippen molar-refractivity contribution in [1.82, 2.24) is 16.2 Å². The van der Waals surface area contributed by atoms with E-state index in [0.29, 0.717) is 37.6 Å². The Balaban J connectivity index is 2.54. The highest BCUT2D eigenvalue weighted by molar-refractivity contribution is 7.80. The van der Waals surface area contributed by atoms with Gasteiger partial charge in [-0.15, -0.1) is 0 Å². The number of hydrazine groups is 1. The number of hydrogen-bond donors (Lipinski definition) is 3. The van der Waals surface area contributed by atoms with Crippen LogP contribution in [0.1, 0.15) is 37.0 Å². The lowest BCUT2D eigenvalue weighted by Crippen LogP contribution is -2.48. The van der Waals surface area contributed by atoms with Crippen molar-refractivity contribution in [2.45, 2.75) is 26.7 Å². The lowest BCUT2D eigenvalue weighted by atomic mass is 10.2. The number of rotatable bonds is 8. The summed E-state index contributed by atoms with van der Waals surface area (Å²) in [5.74, 6) is -0.189. The first-order valence-corrected chi connectivity index (χ1v) is 8.19. The summed E-state index contributed by atoms with van der Waals surface area (Å²) >= 11 is 4.98.